The van der Waals surface area contributed by atoms with E-state index >= 15 is 0 Å². The molecule has 2 aromatic rings. The van der Waals surface area contributed by atoms with E-state index < -0.39 is 5.97 Å². The Balaban J connectivity index is 1.98. The largest absolute Gasteiger partial charge is 0.481 e. The lowest BCUT2D eigenvalue weighted by molar-refractivity contribution is -0.137. The van der Waals surface area contributed by atoms with E-state index in [2.05, 4.69) is 10.4 Å². The number of nitrogens with one attached hydrogen (secondary N) is 1. The lowest BCUT2D eigenvalue weighted by Crippen LogP contribution is -2.26. The number of rotatable bonds is 7. The van der Waals surface area contributed by atoms with E-state index in [1.165, 1.54) is 0 Å². The van der Waals surface area contributed by atoms with Crippen LogP contribution in [0, 0.1) is 0 Å². The number of hydrogen-bond acceptors (Lipinski definition) is 3. The van der Waals surface area contributed by atoms with E-state index in [1.807, 2.05) is 24.4 Å². The molecule has 0 saturated carbocycles. The molecule has 0 atom stereocenters. The monoisotopic (exact) mass is 287 g/mol. The second kappa shape index (κ2) is 7.23. The highest BCUT2D eigenvalue weighted by atomic mass is 16.4. The molecule has 0 aliphatic carbocycles. The van der Waals surface area contributed by atoms with Gasteiger partial charge in [0.25, 0.3) is 5.91 Å². The van der Waals surface area contributed by atoms with Gasteiger partial charge in [0.15, 0.2) is 0 Å². The molecule has 1 amide bonds. The lowest BCUT2D eigenvalue weighted by Gasteiger charge is -2.10. The highest BCUT2D eigenvalue weighted by molar-refractivity contribution is 5.95. The van der Waals surface area contributed by atoms with Crippen molar-refractivity contribution < 1.29 is 14.7 Å². The van der Waals surface area contributed by atoms with Crippen LogP contribution in [0.1, 0.15) is 28.8 Å². The van der Waals surface area contributed by atoms with Crippen LogP contribution in [0.4, 0.5) is 0 Å². The highest BCUT2D eigenvalue weighted by Crippen LogP contribution is 2.10. The Labute approximate surface area is 122 Å². The van der Waals surface area contributed by atoms with Crippen molar-refractivity contribution in [3.05, 3.63) is 53.9 Å². The molecule has 0 aliphatic heterocycles. The van der Waals surface area contributed by atoms with Gasteiger partial charge < -0.3 is 10.4 Å². The van der Waals surface area contributed by atoms with Crippen molar-refractivity contribution in [2.45, 2.75) is 19.4 Å². The van der Waals surface area contributed by atoms with Crippen LogP contribution in [-0.4, -0.2) is 33.3 Å². The van der Waals surface area contributed by atoms with Crippen LogP contribution in [0.25, 0.3) is 0 Å². The first-order valence-electron chi connectivity index (χ1n) is 6.72. The topological polar surface area (TPSA) is 84.2 Å². The van der Waals surface area contributed by atoms with E-state index in [9.17, 15) is 9.59 Å². The molecule has 2 rings (SSSR count). The molecule has 21 heavy (non-hydrogen) atoms. The fraction of sp³-hybridized carbons (Fsp3) is 0.267. The van der Waals surface area contributed by atoms with E-state index in [1.54, 1.807) is 23.0 Å². The van der Waals surface area contributed by atoms with Gasteiger partial charge in [0.05, 0.1) is 6.54 Å². The molecule has 110 valence electrons. The molecule has 2 N–H and O–H groups in total. The van der Waals surface area contributed by atoms with Crippen molar-refractivity contribution in [2.75, 3.05) is 6.54 Å². The maximum Gasteiger partial charge on any atom is 0.303 e. The summed E-state index contributed by atoms with van der Waals surface area (Å²) < 4.78 is 1.75. The predicted molar refractivity (Wildman–Crippen MR) is 77.0 cm³/mol. The van der Waals surface area contributed by atoms with Crippen LogP contribution in [0.3, 0.4) is 0 Å². The van der Waals surface area contributed by atoms with Gasteiger partial charge in [-0.2, -0.15) is 5.10 Å². The molecule has 1 heterocycles. The minimum Gasteiger partial charge on any atom is -0.481 e. The summed E-state index contributed by atoms with van der Waals surface area (Å²) in [6, 6.07) is 9.15. The van der Waals surface area contributed by atoms with Crippen LogP contribution >= 0.6 is 0 Å². The van der Waals surface area contributed by atoms with Gasteiger partial charge in [-0.1, -0.05) is 18.2 Å². The third kappa shape index (κ3) is 4.45. The van der Waals surface area contributed by atoms with Gasteiger partial charge in [0, 0.05) is 30.9 Å². The van der Waals surface area contributed by atoms with Gasteiger partial charge in [-0.05, 0) is 24.1 Å². The fourth-order valence-corrected chi connectivity index (χ4v) is 1.98. The minimum atomic E-state index is -0.858. The second-order valence-electron chi connectivity index (χ2n) is 4.61. The third-order valence-electron chi connectivity index (χ3n) is 3.01. The number of carbonyl (C=O) groups excluding carboxylic acids is 1. The molecule has 0 spiro atoms. The molecule has 0 bridgehead atoms. The molecule has 0 fully saturated rings. The summed E-state index contributed by atoms with van der Waals surface area (Å²) in [5.74, 6) is -1.05. The number of carboxylic acids is 1. The Morgan fingerprint density at radius 3 is 2.76 bits per heavy atom. The van der Waals surface area contributed by atoms with Crippen molar-refractivity contribution in [3.63, 3.8) is 0 Å². The molecule has 6 heteroatoms. The molecule has 1 aromatic carbocycles. The van der Waals surface area contributed by atoms with Gasteiger partial charge in [-0.15, -0.1) is 0 Å². The molecule has 0 aliphatic rings. The average molecular weight is 287 g/mol. The van der Waals surface area contributed by atoms with E-state index in [0.717, 1.165) is 5.56 Å². The summed E-state index contributed by atoms with van der Waals surface area (Å²) in [6.45, 7) is 0.868. The Bertz CT molecular complexity index is 608. The van der Waals surface area contributed by atoms with Gasteiger partial charge in [0.1, 0.15) is 0 Å². The zero-order valence-corrected chi connectivity index (χ0v) is 11.5. The summed E-state index contributed by atoms with van der Waals surface area (Å²) in [7, 11) is 0. The molecule has 1 aromatic heterocycles. The number of amides is 1. The summed E-state index contributed by atoms with van der Waals surface area (Å²) in [6.07, 6.45) is 3.99. The quantitative estimate of drug-likeness (QED) is 0.756. The van der Waals surface area contributed by atoms with Crippen molar-refractivity contribution >= 4 is 11.9 Å². The zero-order chi connectivity index (χ0) is 15.1. The number of benzene rings is 1. The van der Waals surface area contributed by atoms with Crippen LogP contribution in [-0.2, 0) is 11.3 Å². The number of nitrogens with zero attached hydrogens (tertiary/aromatic N) is 2. The summed E-state index contributed by atoms with van der Waals surface area (Å²) in [5.41, 5.74) is 1.46. The first-order chi connectivity index (χ1) is 10.2. The molecule has 0 radical (unpaired) electrons. The molecule has 6 nitrogen and oxygen atoms in total. The predicted octanol–water partition coefficient (Wildman–Crippen LogP) is 1.53. The molecule has 0 unspecified atom stereocenters. The lowest BCUT2D eigenvalue weighted by atomic mass is 10.1. The smallest absolute Gasteiger partial charge is 0.303 e. The van der Waals surface area contributed by atoms with Crippen molar-refractivity contribution in [1.29, 1.82) is 0 Å². The molecular formula is C15H17N3O3. The van der Waals surface area contributed by atoms with E-state index in [0.29, 0.717) is 25.1 Å². The average Bonchev–Trinajstić information content (AvgIpc) is 2.97. The van der Waals surface area contributed by atoms with Crippen molar-refractivity contribution in [3.8, 4) is 0 Å². The Morgan fingerprint density at radius 1 is 1.24 bits per heavy atom. The fourth-order valence-electron chi connectivity index (χ4n) is 1.98. The first-order valence-corrected chi connectivity index (χ1v) is 6.72. The second-order valence-corrected chi connectivity index (χ2v) is 4.61. The van der Waals surface area contributed by atoms with E-state index in [-0.39, 0.29) is 12.3 Å². The summed E-state index contributed by atoms with van der Waals surface area (Å²) in [5, 5.41) is 15.4. The first kappa shape index (κ1) is 14.8. The van der Waals surface area contributed by atoms with Crippen LogP contribution in [0.2, 0.25) is 0 Å². The number of carboxylic acid groups (broad SMARTS) is 1. The van der Waals surface area contributed by atoms with Crippen LogP contribution < -0.4 is 5.32 Å². The zero-order valence-electron chi connectivity index (χ0n) is 11.5. The van der Waals surface area contributed by atoms with E-state index in [4.69, 9.17) is 5.11 Å². The van der Waals surface area contributed by atoms with Crippen LogP contribution in [0.5, 0.6) is 0 Å². The highest BCUT2D eigenvalue weighted by Gasteiger charge is 2.11. The molecular weight excluding hydrogens is 270 g/mol. The van der Waals surface area contributed by atoms with Crippen molar-refractivity contribution in [1.82, 2.24) is 15.1 Å². The van der Waals surface area contributed by atoms with Gasteiger partial charge in [0.2, 0.25) is 0 Å². The number of aromatic nitrogens is 2. The van der Waals surface area contributed by atoms with Crippen LogP contribution in [0.15, 0.2) is 42.7 Å². The van der Waals surface area contributed by atoms with Gasteiger partial charge >= 0.3 is 5.97 Å². The summed E-state index contributed by atoms with van der Waals surface area (Å²) >= 11 is 0. The standard InChI is InChI=1S/C15H17N3O3/c19-14(20)7-3-8-16-15(21)13-6-2-1-5-12(13)11-18-10-4-9-17-18/h1-2,4-6,9-10H,3,7-8,11H2,(H,16,21)(H,19,20). The third-order valence-corrected chi connectivity index (χ3v) is 3.01. The van der Waals surface area contributed by atoms with Crippen molar-refractivity contribution in [2.24, 2.45) is 0 Å². The Hall–Kier alpha value is -2.63. The van der Waals surface area contributed by atoms with Gasteiger partial charge in [-0.25, -0.2) is 0 Å². The maximum absolute atomic E-state index is 12.2. The number of hydrogen-bond donors (Lipinski definition) is 2. The summed E-state index contributed by atoms with van der Waals surface area (Å²) in [4.78, 5) is 22.6. The van der Waals surface area contributed by atoms with Gasteiger partial charge in [-0.3, -0.25) is 14.3 Å². The minimum absolute atomic E-state index is 0.0508. The SMILES string of the molecule is O=C(O)CCCNC(=O)c1ccccc1Cn1cccn1. The Morgan fingerprint density at radius 2 is 2.05 bits per heavy atom. The number of carbonyl (C=O) groups is 2. The molecule has 0 saturated heterocycles. The Kier molecular flexibility index (Phi) is 5.09. The number of aliphatic carboxylic acids is 1. The maximum atomic E-state index is 12.2. The normalized spacial score (nSPS) is 10.3.